The van der Waals surface area contributed by atoms with Crippen LogP contribution < -0.4 is 9.47 Å². The zero-order valence-electron chi connectivity index (χ0n) is 14.8. The first kappa shape index (κ1) is 17.9. The highest BCUT2D eigenvalue weighted by Crippen LogP contribution is 2.47. The number of ether oxygens (including phenoxy) is 4. The van der Waals surface area contributed by atoms with Crippen LogP contribution in [0.1, 0.15) is 37.5 Å². The highest BCUT2D eigenvalue weighted by molar-refractivity contribution is 5.63. The molecule has 0 unspecified atom stereocenters. The zero-order valence-corrected chi connectivity index (χ0v) is 14.8. The van der Waals surface area contributed by atoms with E-state index in [2.05, 4.69) is 6.92 Å². The van der Waals surface area contributed by atoms with Crippen LogP contribution in [0.25, 0.3) is 0 Å². The highest BCUT2D eigenvalue weighted by atomic mass is 16.6. The van der Waals surface area contributed by atoms with Crippen LogP contribution in [-0.4, -0.2) is 44.7 Å². The minimum absolute atomic E-state index is 0.153. The fourth-order valence-electron chi connectivity index (χ4n) is 3.31. The molecule has 0 saturated heterocycles. The van der Waals surface area contributed by atoms with Crippen molar-refractivity contribution in [2.75, 3.05) is 27.4 Å². The molecule has 1 N–H and O–H groups in total. The molecule has 0 aromatic heterocycles. The predicted octanol–water partition coefficient (Wildman–Crippen LogP) is 2.88. The normalized spacial score (nSPS) is 20.0. The molecule has 2 atom stereocenters. The molecule has 1 aliphatic heterocycles. The van der Waals surface area contributed by atoms with Crippen molar-refractivity contribution in [2.45, 2.75) is 52.2 Å². The number of benzene rings is 1. The summed E-state index contributed by atoms with van der Waals surface area (Å²) in [5.74, 6) is 1.73. The second-order valence-electron chi connectivity index (χ2n) is 5.67. The summed E-state index contributed by atoms with van der Waals surface area (Å²) in [7, 11) is 3.30. The van der Waals surface area contributed by atoms with Crippen molar-refractivity contribution in [1.29, 1.82) is 0 Å². The first-order valence-corrected chi connectivity index (χ1v) is 8.33. The summed E-state index contributed by atoms with van der Waals surface area (Å²) in [6, 6.07) is 0. The molecule has 0 fully saturated rings. The third kappa shape index (κ3) is 3.26. The van der Waals surface area contributed by atoms with Crippen molar-refractivity contribution in [1.82, 2.24) is 0 Å². The lowest BCUT2D eigenvalue weighted by atomic mass is 9.90. The van der Waals surface area contributed by atoms with Crippen molar-refractivity contribution < 1.29 is 24.1 Å². The summed E-state index contributed by atoms with van der Waals surface area (Å²) in [6.07, 6.45) is 1.75. The van der Waals surface area contributed by atoms with Gasteiger partial charge in [0, 0.05) is 37.3 Å². The Balaban J connectivity index is 2.60. The van der Waals surface area contributed by atoms with E-state index >= 15 is 0 Å². The third-order valence-electron chi connectivity index (χ3n) is 4.41. The van der Waals surface area contributed by atoms with Gasteiger partial charge in [-0.05, 0) is 19.8 Å². The summed E-state index contributed by atoms with van der Waals surface area (Å²) < 4.78 is 22.8. The van der Waals surface area contributed by atoms with E-state index in [1.54, 1.807) is 14.2 Å². The van der Waals surface area contributed by atoms with Gasteiger partial charge in [0.15, 0.2) is 11.5 Å². The number of hydrogen-bond donors (Lipinski definition) is 1. The topological polar surface area (TPSA) is 57.2 Å². The lowest BCUT2D eigenvalue weighted by molar-refractivity contribution is -0.0448. The van der Waals surface area contributed by atoms with E-state index < -0.39 is 0 Å². The molecule has 1 aromatic rings. The first-order chi connectivity index (χ1) is 11.1. The molecule has 0 aliphatic carbocycles. The summed E-state index contributed by atoms with van der Waals surface area (Å²) >= 11 is 0. The van der Waals surface area contributed by atoms with Crippen molar-refractivity contribution in [3.63, 3.8) is 0 Å². The summed E-state index contributed by atoms with van der Waals surface area (Å²) in [6.45, 7) is 7.05. The average molecular weight is 324 g/mol. The van der Waals surface area contributed by atoms with Crippen LogP contribution in [0, 0.1) is 0 Å². The molecule has 130 valence electrons. The minimum Gasteiger partial charge on any atom is -0.507 e. The molecule has 0 radical (unpaired) electrons. The molecule has 1 aliphatic rings. The molecular formula is C18H28O5. The summed E-state index contributed by atoms with van der Waals surface area (Å²) in [4.78, 5) is 0. The van der Waals surface area contributed by atoms with Crippen LogP contribution in [0.15, 0.2) is 0 Å². The maximum Gasteiger partial charge on any atom is 0.169 e. The number of rotatable bonds is 7. The van der Waals surface area contributed by atoms with E-state index in [1.165, 1.54) is 0 Å². The van der Waals surface area contributed by atoms with Gasteiger partial charge in [-0.2, -0.15) is 0 Å². The van der Waals surface area contributed by atoms with Crippen LogP contribution in [0.3, 0.4) is 0 Å². The molecular weight excluding hydrogens is 296 g/mol. The monoisotopic (exact) mass is 324 g/mol. The van der Waals surface area contributed by atoms with E-state index in [0.717, 1.165) is 35.3 Å². The summed E-state index contributed by atoms with van der Waals surface area (Å²) in [5, 5.41) is 10.7. The van der Waals surface area contributed by atoms with Gasteiger partial charge >= 0.3 is 0 Å². The van der Waals surface area contributed by atoms with Crippen LogP contribution in [-0.2, 0) is 28.7 Å². The second kappa shape index (κ2) is 7.88. The smallest absolute Gasteiger partial charge is 0.169 e. The van der Waals surface area contributed by atoms with Gasteiger partial charge in [0.25, 0.3) is 0 Å². The quantitative estimate of drug-likeness (QED) is 0.836. The molecule has 1 heterocycles. The molecule has 0 spiro atoms. The fraction of sp³-hybridized carbons (Fsp3) is 0.667. The Labute approximate surface area is 138 Å². The Morgan fingerprint density at radius 2 is 1.83 bits per heavy atom. The molecule has 0 amide bonds. The van der Waals surface area contributed by atoms with Gasteiger partial charge in [-0.1, -0.05) is 13.8 Å². The van der Waals surface area contributed by atoms with Gasteiger partial charge in [-0.15, -0.1) is 0 Å². The van der Waals surface area contributed by atoms with Gasteiger partial charge in [-0.25, -0.2) is 0 Å². The number of hydrogen-bond acceptors (Lipinski definition) is 5. The molecule has 5 heteroatoms. The molecule has 5 nitrogen and oxygen atoms in total. The van der Waals surface area contributed by atoms with Crippen LogP contribution in [0.2, 0.25) is 0 Å². The summed E-state index contributed by atoms with van der Waals surface area (Å²) in [5.41, 5.74) is 2.75. The van der Waals surface area contributed by atoms with Gasteiger partial charge in [0.1, 0.15) is 18.0 Å². The average Bonchev–Trinajstić information content (AvgIpc) is 2.56. The number of methoxy groups -OCH3 is 2. The Kier molecular flexibility index (Phi) is 6.13. The molecule has 0 saturated carbocycles. The largest absolute Gasteiger partial charge is 0.507 e. The van der Waals surface area contributed by atoms with Crippen LogP contribution in [0.4, 0.5) is 0 Å². The van der Waals surface area contributed by atoms with Gasteiger partial charge in [-0.3, -0.25) is 0 Å². The zero-order chi connectivity index (χ0) is 17.0. The second-order valence-corrected chi connectivity index (χ2v) is 5.67. The van der Waals surface area contributed by atoms with Crippen molar-refractivity contribution in [3.05, 3.63) is 16.7 Å². The number of phenols is 1. The van der Waals surface area contributed by atoms with E-state index in [-0.39, 0.29) is 12.2 Å². The van der Waals surface area contributed by atoms with E-state index in [1.807, 2.05) is 13.8 Å². The lowest BCUT2D eigenvalue weighted by Crippen LogP contribution is -2.42. The van der Waals surface area contributed by atoms with Crippen LogP contribution >= 0.6 is 0 Å². The Bertz CT molecular complexity index is 541. The van der Waals surface area contributed by atoms with Crippen LogP contribution in [0.5, 0.6) is 17.2 Å². The number of fused-ring (bicyclic) bond motifs is 1. The molecule has 23 heavy (non-hydrogen) atoms. The lowest BCUT2D eigenvalue weighted by Gasteiger charge is -2.35. The van der Waals surface area contributed by atoms with Crippen molar-refractivity contribution in [3.8, 4) is 17.2 Å². The third-order valence-corrected chi connectivity index (χ3v) is 4.41. The van der Waals surface area contributed by atoms with Gasteiger partial charge in [0.2, 0.25) is 0 Å². The van der Waals surface area contributed by atoms with E-state index in [0.29, 0.717) is 31.1 Å². The van der Waals surface area contributed by atoms with Gasteiger partial charge < -0.3 is 24.1 Å². The van der Waals surface area contributed by atoms with E-state index in [9.17, 15) is 5.11 Å². The standard InChI is InChI=1S/C18H28O5/c1-6-11-12(7-2)17(22-8-3)18-13(16(11)19)9-14(21-5)15(23-18)10-20-4/h14-15,19H,6-10H2,1-5H3/t14-,15+/m0/s1. The maximum absolute atomic E-state index is 10.7. The molecule has 2 rings (SSSR count). The maximum atomic E-state index is 10.7. The molecule has 1 aromatic carbocycles. The highest BCUT2D eigenvalue weighted by Gasteiger charge is 2.36. The Hall–Kier alpha value is -1.46. The number of aromatic hydroxyl groups is 1. The van der Waals surface area contributed by atoms with Gasteiger partial charge in [0.05, 0.1) is 13.2 Å². The SMILES string of the molecule is CCOc1c(CC)c(CC)c(O)c2c1O[C@H](COC)[C@@H](OC)C2. The van der Waals surface area contributed by atoms with Crippen molar-refractivity contribution >= 4 is 0 Å². The fourth-order valence-corrected chi connectivity index (χ4v) is 3.31. The Morgan fingerprint density at radius 3 is 2.35 bits per heavy atom. The predicted molar refractivity (Wildman–Crippen MR) is 88.8 cm³/mol. The Morgan fingerprint density at radius 1 is 1.13 bits per heavy atom. The first-order valence-electron chi connectivity index (χ1n) is 8.33. The molecule has 0 bridgehead atoms. The number of phenolic OH excluding ortho intramolecular Hbond substituents is 1. The minimum atomic E-state index is -0.215. The van der Waals surface area contributed by atoms with E-state index in [4.69, 9.17) is 18.9 Å². The van der Waals surface area contributed by atoms with Crippen molar-refractivity contribution in [2.24, 2.45) is 0 Å².